The number of rotatable bonds is 7. The Kier molecular flexibility index (Phi) is 5.21. The second-order valence-corrected chi connectivity index (χ2v) is 8.64. The van der Waals surface area contributed by atoms with Crippen LogP contribution in [0.4, 0.5) is 5.69 Å². The lowest BCUT2D eigenvalue weighted by Gasteiger charge is -2.03. The van der Waals surface area contributed by atoms with Gasteiger partial charge in [-0.3, -0.25) is 9.52 Å². The number of sulfonamides is 1. The number of ketones is 1. The number of thioether (sulfide) groups is 1. The van der Waals surface area contributed by atoms with Crippen LogP contribution in [0, 0.1) is 0 Å². The summed E-state index contributed by atoms with van der Waals surface area (Å²) in [5, 5.41) is 10.0. The fourth-order valence-corrected chi connectivity index (χ4v) is 3.88. The summed E-state index contributed by atoms with van der Waals surface area (Å²) in [5.41, 5.74) is 1.10. The van der Waals surface area contributed by atoms with Crippen molar-refractivity contribution >= 4 is 44.6 Å². The number of Topliss-reactive ketones (excluding diaryl/α,β-unsaturated/α-hetero) is 1. The molecule has 0 fully saturated rings. The molecule has 130 valence electrons. The van der Waals surface area contributed by atoms with E-state index in [9.17, 15) is 13.2 Å². The first-order valence-corrected chi connectivity index (χ1v) is 10.8. The molecule has 3 rings (SSSR count). The maximum atomic E-state index is 12.0. The second kappa shape index (κ2) is 7.38. The monoisotopic (exact) mass is 395 g/mol. The molecule has 2 aromatic heterocycles. The Hall–Kier alpha value is -2.17. The highest BCUT2D eigenvalue weighted by molar-refractivity contribution is 7.99. The number of aromatic nitrogens is 2. The van der Waals surface area contributed by atoms with Crippen molar-refractivity contribution in [1.29, 1.82) is 0 Å². The van der Waals surface area contributed by atoms with Crippen LogP contribution in [0.3, 0.4) is 0 Å². The summed E-state index contributed by atoms with van der Waals surface area (Å²) in [6.07, 6.45) is 1.08. The van der Waals surface area contributed by atoms with Gasteiger partial charge in [-0.1, -0.05) is 17.8 Å². The molecule has 0 aliphatic heterocycles. The average Bonchev–Trinajstić information content (AvgIpc) is 3.24. The predicted octanol–water partition coefficient (Wildman–Crippen LogP) is 3.14. The largest absolute Gasteiger partial charge is 0.411 e. The number of carbonyl (C=O) groups is 1. The highest BCUT2D eigenvalue weighted by Gasteiger charge is 2.13. The van der Waals surface area contributed by atoms with Crippen LogP contribution in [-0.4, -0.2) is 36.4 Å². The Bertz CT molecular complexity index is 964. The Morgan fingerprint density at radius 1 is 1.24 bits per heavy atom. The zero-order chi connectivity index (χ0) is 17.9. The first-order chi connectivity index (χ1) is 11.9. The van der Waals surface area contributed by atoms with Crippen LogP contribution in [-0.2, 0) is 10.0 Å². The van der Waals surface area contributed by atoms with Gasteiger partial charge in [-0.2, -0.15) is 0 Å². The quantitative estimate of drug-likeness (QED) is 0.484. The van der Waals surface area contributed by atoms with Crippen molar-refractivity contribution in [2.24, 2.45) is 0 Å². The van der Waals surface area contributed by atoms with Gasteiger partial charge in [0, 0.05) is 11.3 Å². The molecule has 0 aliphatic carbocycles. The van der Waals surface area contributed by atoms with Crippen molar-refractivity contribution in [3.05, 3.63) is 46.7 Å². The predicted molar refractivity (Wildman–Crippen MR) is 97.6 cm³/mol. The molecule has 1 N–H and O–H groups in total. The lowest BCUT2D eigenvalue weighted by molar-refractivity contribution is 0.102. The molecule has 0 radical (unpaired) electrons. The van der Waals surface area contributed by atoms with Crippen LogP contribution < -0.4 is 4.72 Å². The van der Waals surface area contributed by atoms with E-state index in [1.54, 1.807) is 30.3 Å². The molecule has 0 bridgehead atoms. The van der Waals surface area contributed by atoms with Crippen molar-refractivity contribution in [2.45, 2.75) is 5.22 Å². The molecule has 25 heavy (non-hydrogen) atoms. The first kappa shape index (κ1) is 17.6. The van der Waals surface area contributed by atoms with Crippen LogP contribution >= 0.6 is 23.1 Å². The summed E-state index contributed by atoms with van der Waals surface area (Å²) in [5.74, 6) is 0.534. The third kappa shape index (κ3) is 4.91. The average molecular weight is 395 g/mol. The molecule has 0 aliphatic rings. The van der Waals surface area contributed by atoms with Gasteiger partial charge < -0.3 is 4.42 Å². The van der Waals surface area contributed by atoms with Gasteiger partial charge in [-0.05, 0) is 35.7 Å². The molecule has 0 amide bonds. The van der Waals surface area contributed by atoms with E-state index in [0.717, 1.165) is 6.26 Å². The zero-order valence-corrected chi connectivity index (χ0v) is 15.5. The molecule has 2 heterocycles. The van der Waals surface area contributed by atoms with E-state index in [1.807, 2.05) is 11.4 Å². The van der Waals surface area contributed by atoms with E-state index >= 15 is 0 Å². The summed E-state index contributed by atoms with van der Waals surface area (Å²) in [6, 6.07) is 10.2. The lowest BCUT2D eigenvalue weighted by atomic mass is 10.2. The van der Waals surface area contributed by atoms with Gasteiger partial charge in [0.25, 0.3) is 5.22 Å². The Balaban J connectivity index is 1.64. The van der Waals surface area contributed by atoms with Crippen LogP contribution in [0.25, 0.3) is 11.5 Å². The number of carbonyl (C=O) groups excluding carboxylic acids is 1. The van der Waals surface area contributed by atoms with Gasteiger partial charge in [0.2, 0.25) is 15.9 Å². The fraction of sp³-hybridized carbons (Fsp3) is 0.133. The topological polar surface area (TPSA) is 102 Å². The van der Waals surface area contributed by atoms with E-state index in [4.69, 9.17) is 4.42 Å². The van der Waals surface area contributed by atoms with E-state index in [1.165, 1.54) is 23.1 Å². The molecular formula is C15H13N3O4S3. The van der Waals surface area contributed by atoms with Gasteiger partial charge in [0.05, 0.1) is 16.9 Å². The number of thiophene rings is 1. The summed E-state index contributed by atoms with van der Waals surface area (Å²) < 4.78 is 30.3. The molecule has 10 heteroatoms. The van der Waals surface area contributed by atoms with Gasteiger partial charge >= 0.3 is 0 Å². The van der Waals surface area contributed by atoms with Gasteiger partial charge in [-0.25, -0.2) is 8.42 Å². The third-order valence-corrected chi connectivity index (χ3v) is 5.30. The molecule has 7 nitrogen and oxygen atoms in total. The van der Waals surface area contributed by atoms with Crippen molar-refractivity contribution in [1.82, 2.24) is 10.2 Å². The molecule has 3 aromatic rings. The van der Waals surface area contributed by atoms with E-state index in [-0.39, 0.29) is 11.5 Å². The number of hydrogen-bond donors (Lipinski definition) is 1. The molecule has 0 atom stereocenters. The van der Waals surface area contributed by atoms with Crippen LogP contribution in [0.2, 0.25) is 0 Å². The normalized spacial score (nSPS) is 11.4. The standard InChI is InChI=1S/C15H13N3O4S3/c1-25(20,21)18-11-6-4-10(5-7-11)14-16-17-15(22-14)24-9-12(19)13-3-2-8-23-13/h2-8,18H,9H2,1H3. The molecule has 0 spiro atoms. The summed E-state index contributed by atoms with van der Waals surface area (Å²) >= 11 is 2.57. The Morgan fingerprint density at radius 3 is 2.64 bits per heavy atom. The number of nitrogens with one attached hydrogen (secondary N) is 1. The number of hydrogen-bond acceptors (Lipinski definition) is 8. The van der Waals surface area contributed by atoms with Crippen LogP contribution in [0.1, 0.15) is 9.67 Å². The van der Waals surface area contributed by atoms with E-state index in [2.05, 4.69) is 14.9 Å². The summed E-state index contributed by atoms with van der Waals surface area (Å²) in [6.45, 7) is 0. The van der Waals surface area contributed by atoms with Crippen molar-refractivity contribution < 1.29 is 17.6 Å². The van der Waals surface area contributed by atoms with Gasteiger partial charge in [0.1, 0.15) is 0 Å². The smallest absolute Gasteiger partial charge is 0.277 e. The maximum absolute atomic E-state index is 12.0. The van der Waals surface area contributed by atoms with Gasteiger partial charge in [-0.15, -0.1) is 21.5 Å². The molecule has 0 saturated carbocycles. The highest BCUT2D eigenvalue weighted by atomic mass is 32.2. The maximum Gasteiger partial charge on any atom is 0.277 e. The second-order valence-electron chi connectivity index (χ2n) is 5.01. The zero-order valence-electron chi connectivity index (χ0n) is 13.0. The molecule has 0 saturated heterocycles. The van der Waals surface area contributed by atoms with Crippen LogP contribution in [0.15, 0.2) is 51.4 Å². The number of anilines is 1. The van der Waals surface area contributed by atoms with E-state index in [0.29, 0.717) is 27.2 Å². The Labute approximate surface area is 152 Å². The molecule has 1 aromatic carbocycles. The Morgan fingerprint density at radius 2 is 2.00 bits per heavy atom. The minimum atomic E-state index is -3.32. The summed E-state index contributed by atoms with van der Waals surface area (Å²) in [4.78, 5) is 12.6. The molecular weight excluding hydrogens is 382 g/mol. The van der Waals surface area contributed by atoms with Gasteiger partial charge in [0.15, 0.2) is 5.78 Å². The fourth-order valence-electron chi connectivity index (χ4n) is 1.92. The highest BCUT2D eigenvalue weighted by Crippen LogP contribution is 2.25. The molecule has 0 unspecified atom stereocenters. The minimum Gasteiger partial charge on any atom is -0.411 e. The summed E-state index contributed by atoms with van der Waals surface area (Å²) in [7, 11) is -3.32. The SMILES string of the molecule is CS(=O)(=O)Nc1ccc(-c2nnc(SCC(=O)c3cccs3)o2)cc1. The number of nitrogens with zero attached hydrogens (tertiary/aromatic N) is 2. The minimum absolute atomic E-state index is 0.0101. The van der Waals surface area contributed by atoms with Crippen molar-refractivity contribution in [3.8, 4) is 11.5 Å². The van der Waals surface area contributed by atoms with E-state index < -0.39 is 10.0 Å². The van der Waals surface area contributed by atoms with Crippen molar-refractivity contribution in [3.63, 3.8) is 0 Å². The van der Waals surface area contributed by atoms with Crippen molar-refractivity contribution in [2.75, 3.05) is 16.7 Å². The third-order valence-electron chi connectivity index (χ3n) is 2.96. The van der Waals surface area contributed by atoms with Crippen LogP contribution in [0.5, 0.6) is 0 Å². The first-order valence-electron chi connectivity index (χ1n) is 7.02. The lowest BCUT2D eigenvalue weighted by Crippen LogP contribution is -2.09. The number of benzene rings is 1.